The van der Waals surface area contributed by atoms with Crippen LogP contribution in [0.15, 0.2) is 24.3 Å². The zero-order valence-electron chi connectivity index (χ0n) is 9.03. The van der Waals surface area contributed by atoms with Crippen LogP contribution in [-0.4, -0.2) is 19.1 Å². The average Bonchev–Trinajstić information content (AvgIpc) is 2.22. The molecule has 0 saturated carbocycles. The highest BCUT2D eigenvalue weighted by Crippen LogP contribution is 2.29. The Morgan fingerprint density at radius 3 is 2.07 bits per heavy atom. The highest BCUT2D eigenvalue weighted by Gasteiger charge is 2.03. The summed E-state index contributed by atoms with van der Waals surface area (Å²) < 4.78 is 4.67. The van der Waals surface area contributed by atoms with Crippen LogP contribution < -0.4 is 5.73 Å². The monoisotopic (exact) mass is 207 g/mol. The van der Waals surface area contributed by atoms with Crippen molar-refractivity contribution in [3.05, 3.63) is 24.3 Å². The quantitative estimate of drug-likeness (QED) is 0.780. The fourth-order valence-corrected chi connectivity index (χ4v) is 1.11. The Bertz CT molecular complexity index is 285. The van der Waals surface area contributed by atoms with Gasteiger partial charge in [-0.15, -0.1) is 0 Å². The molecule has 2 aliphatic carbocycles. The minimum absolute atomic E-state index is 0.150. The van der Waals surface area contributed by atoms with Crippen molar-refractivity contribution in [1.29, 1.82) is 0 Å². The summed E-state index contributed by atoms with van der Waals surface area (Å²) in [7, 11) is 0. The minimum atomic E-state index is -0.150. The number of rotatable bonds is 4. The predicted molar refractivity (Wildman–Crippen MR) is 60.4 cm³/mol. The molecule has 0 aromatic rings. The molecule has 0 spiro atoms. The fourth-order valence-electron chi connectivity index (χ4n) is 1.11. The maximum atomic E-state index is 10.5. The van der Waals surface area contributed by atoms with Crippen LogP contribution in [0.3, 0.4) is 0 Å². The molecule has 15 heavy (non-hydrogen) atoms. The van der Waals surface area contributed by atoms with Crippen molar-refractivity contribution in [1.82, 2.24) is 0 Å². The number of hydrogen-bond donors (Lipinski definition) is 1. The van der Waals surface area contributed by atoms with Crippen molar-refractivity contribution < 1.29 is 9.53 Å². The van der Waals surface area contributed by atoms with Gasteiger partial charge in [-0.25, -0.2) is 0 Å². The van der Waals surface area contributed by atoms with Gasteiger partial charge >= 0.3 is 5.97 Å². The summed E-state index contributed by atoms with van der Waals surface area (Å²) in [6, 6.07) is 8.48. The number of benzene rings is 1. The Morgan fingerprint density at radius 1 is 1.27 bits per heavy atom. The Kier molecular flexibility index (Phi) is 4.84. The van der Waals surface area contributed by atoms with Gasteiger partial charge in [0.05, 0.1) is 0 Å². The Labute approximate surface area is 90.2 Å². The van der Waals surface area contributed by atoms with Gasteiger partial charge in [-0.05, 0) is 17.5 Å². The maximum absolute atomic E-state index is 10.5. The zero-order valence-corrected chi connectivity index (χ0v) is 9.03. The van der Waals surface area contributed by atoms with Crippen LogP contribution in [0.5, 0.6) is 0 Å². The van der Waals surface area contributed by atoms with E-state index in [2.05, 4.69) is 29.0 Å². The van der Waals surface area contributed by atoms with Gasteiger partial charge < -0.3 is 10.5 Å². The number of esters is 1. The third-order valence-electron chi connectivity index (χ3n) is 2.05. The molecule has 0 radical (unpaired) electrons. The van der Waals surface area contributed by atoms with E-state index in [1.807, 2.05) is 6.92 Å². The van der Waals surface area contributed by atoms with Crippen LogP contribution in [0.4, 0.5) is 0 Å². The molecule has 0 amide bonds. The number of nitrogens with two attached hydrogens (primary N) is 1. The molecule has 0 atom stereocenters. The van der Waals surface area contributed by atoms with E-state index >= 15 is 0 Å². The summed E-state index contributed by atoms with van der Waals surface area (Å²) in [5.41, 5.74) is 7.95. The number of fused-ring (bicyclic) bond motifs is 1. The third-order valence-corrected chi connectivity index (χ3v) is 2.05. The fraction of sp³-hybridized carbons (Fsp3) is 0.417. The Hall–Kier alpha value is -1.35. The van der Waals surface area contributed by atoms with Crippen molar-refractivity contribution in [2.24, 2.45) is 5.73 Å². The number of hydrogen-bond acceptors (Lipinski definition) is 3. The number of ether oxygens (including phenoxy) is 1. The average molecular weight is 207 g/mol. The van der Waals surface area contributed by atoms with E-state index in [4.69, 9.17) is 5.73 Å². The van der Waals surface area contributed by atoms with E-state index < -0.39 is 0 Å². The second-order valence-corrected chi connectivity index (χ2v) is 3.34. The molecule has 0 unspecified atom stereocenters. The first-order valence-corrected chi connectivity index (χ1v) is 5.24. The van der Waals surface area contributed by atoms with E-state index in [0.717, 1.165) is 6.42 Å². The van der Waals surface area contributed by atoms with Crippen molar-refractivity contribution in [2.45, 2.75) is 19.8 Å². The van der Waals surface area contributed by atoms with Gasteiger partial charge in [-0.3, -0.25) is 4.79 Å². The lowest BCUT2D eigenvalue weighted by Crippen LogP contribution is -2.12. The molecular formula is C12H17NO2. The van der Waals surface area contributed by atoms with E-state index in [1.54, 1.807) is 0 Å². The molecule has 0 aliphatic heterocycles. The summed E-state index contributed by atoms with van der Waals surface area (Å²) >= 11 is 0. The van der Waals surface area contributed by atoms with Crippen LogP contribution in [0.2, 0.25) is 0 Å². The van der Waals surface area contributed by atoms with Crippen LogP contribution in [0.25, 0.3) is 11.1 Å². The molecule has 0 saturated heterocycles. The maximum Gasteiger partial charge on any atom is 0.305 e. The summed E-state index contributed by atoms with van der Waals surface area (Å²) in [4.78, 5) is 10.5. The molecular weight excluding hydrogens is 190 g/mol. The topological polar surface area (TPSA) is 52.3 Å². The second kappa shape index (κ2) is 6.19. The highest BCUT2D eigenvalue weighted by atomic mass is 16.5. The number of carbonyl (C=O) groups is 1. The van der Waals surface area contributed by atoms with Gasteiger partial charge in [0.15, 0.2) is 0 Å². The lowest BCUT2D eigenvalue weighted by Gasteiger charge is -2.10. The first kappa shape index (κ1) is 11.7. The Morgan fingerprint density at radius 2 is 1.80 bits per heavy atom. The zero-order chi connectivity index (χ0) is 11.1. The van der Waals surface area contributed by atoms with Gasteiger partial charge in [0.25, 0.3) is 0 Å². The molecule has 3 heteroatoms. The molecule has 3 nitrogen and oxygen atoms in total. The highest BCUT2D eigenvalue weighted by molar-refractivity contribution is 5.75. The van der Waals surface area contributed by atoms with Crippen LogP contribution in [0.1, 0.15) is 19.8 Å². The summed E-state index contributed by atoms with van der Waals surface area (Å²) in [6.07, 6.45) is 1.34. The molecule has 2 aliphatic rings. The van der Waals surface area contributed by atoms with Crippen LogP contribution in [-0.2, 0) is 9.53 Å². The minimum Gasteiger partial charge on any atom is -0.464 e. The van der Waals surface area contributed by atoms with E-state index in [-0.39, 0.29) is 5.97 Å². The van der Waals surface area contributed by atoms with Crippen LogP contribution >= 0.6 is 0 Å². The number of carbonyl (C=O) groups excluding carboxylic acids is 1. The second-order valence-electron chi connectivity index (χ2n) is 3.34. The van der Waals surface area contributed by atoms with Crippen molar-refractivity contribution in [3.63, 3.8) is 0 Å². The first-order valence-electron chi connectivity index (χ1n) is 5.24. The third kappa shape index (κ3) is 3.72. The SMILES string of the molecule is CCCC(=O)OCCN.c1cc2ccc1-2. The normalized spacial score (nSPS) is 10.0. The van der Waals surface area contributed by atoms with Crippen molar-refractivity contribution >= 4 is 5.97 Å². The molecule has 0 heterocycles. The van der Waals surface area contributed by atoms with Gasteiger partial charge in [0, 0.05) is 13.0 Å². The molecule has 0 fully saturated rings. The Balaban J connectivity index is 0.000000158. The largest absolute Gasteiger partial charge is 0.464 e. The lowest BCUT2D eigenvalue weighted by atomic mass is 9.95. The predicted octanol–water partition coefficient (Wildman–Crippen LogP) is 1.96. The molecule has 0 aromatic heterocycles. The first-order chi connectivity index (χ1) is 7.27. The molecule has 0 aromatic carbocycles. The molecule has 2 rings (SSSR count). The molecule has 0 bridgehead atoms. The van der Waals surface area contributed by atoms with E-state index in [9.17, 15) is 4.79 Å². The van der Waals surface area contributed by atoms with Crippen molar-refractivity contribution in [2.75, 3.05) is 13.2 Å². The van der Waals surface area contributed by atoms with Crippen molar-refractivity contribution in [3.8, 4) is 11.1 Å². The van der Waals surface area contributed by atoms with Crippen LogP contribution in [0, 0.1) is 0 Å². The summed E-state index contributed by atoms with van der Waals surface area (Å²) in [5, 5.41) is 0. The molecule has 2 N–H and O–H groups in total. The lowest BCUT2D eigenvalue weighted by molar-refractivity contribution is -0.143. The van der Waals surface area contributed by atoms with Gasteiger partial charge in [0.2, 0.25) is 0 Å². The van der Waals surface area contributed by atoms with Gasteiger partial charge in [-0.1, -0.05) is 31.2 Å². The molecule has 82 valence electrons. The van der Waals surface area contributed by atoms with E-state index in [0.29, 0.717) is 19.6 Å². The summed E-state index contributed by atoms with van der Waals surface area (Å²) in [5.74, 6) is -0.150. The van der Waals surface area contributed by atoms with E-state index in [1.165, 1.54) is 11.1 Å². The summed E-state index contributed by atoms with van der Waals surface area (Å²) in [6.45, 7) is 2.69. The smallest absolute Gasteiger partial charge is 0.305 e. The van der Waals surface area contributed by atoms with Gasteiger partial charge in [0.1, 0.15) is 6.61 Å². The standard InChI is InChI=1S/C6H13NO2.C6H4/c1-2-3-6(8)9-5-4-7;1-2-6-4-3-5(1)6/h2-5,7H2,1H3;1-4H. The van der Waals surface area contributed by atoms with Gasteiger partial charge in [-0.2, -0.15) is 0 Å².